The summed E-state index contributed by atoms with van der Waals surface area (Å²) in [6.07, 6.45) is 0.159. The molecule has 4 nitrogen and oxygen atoms in total. The standard InChI is InChI=1S/C6H12N2O2.ClH/c9-6(10)8-4-5-1-2-7-3-5;/h5,7-8H,1-4H2,(H,9,10);1H. The van der Waals surface area contributed by atoms with Gasteiger partial charge in [0, 0.05) is 6.54 Å². The van der Waals surface area contributed by atoms with Crippen molar-refractivity contribution < 1.29 is 9.90 Å². The number of rotatable bonds is 2. The maximum atomic E-state index is 10.0. The van der Waals surface area contributed by atoms with Gasteiger partial charge in [-0.1, -0.05) is 0 Å². The van der Waals surface area contributed by atoms with Crippen LogP contribution >= 0.6 is 12.4 Å². The molecule has 0 bridgehead atoms. The van der Waals surface area contributed by atoms with Crippen LogP contribution in [0.15, 0.2) is 0 Å². The molecule has 0 aromatic heterocycles. The molecule has 1 rings (SSSR count). The number of carboxylic acid groups (broad SMARTS) is 1. The van der Waals surface area contributed by atoms with Crippen LogP contribution in [-0.4, -0.2) is 30.8 Å². The Hall–Kier alpha value is -0.480. The van der Waals surface area contributed by atoms with Crippen LogP contribution in [0.4, 0.5) is 4.79 Å². The summed E-state index contributed by atoms with van der Waals surface area (Å²) >= 11 is 0. The lowest BCUT2D eigenvalue weighted by molar-refractivity contribution is 0.192. The average molecular weight is 181 g/mol. The quantitative estimate of drug-likeness (QED) is 0.572. The summed E-state index contributed by atoms with van der Waals surface area (Å²) in [7, 11) is 0. The second-order valence-electron chi connectivity index (χ2n) is 2.54. The van der Waals surface area contributed by atoms with E-state index in [2.05, 4.69) is 10.6 Å². The van der Waals surface area contributed by atoms with Gasteiger partial charge < -0.3 is 15.7 Å². The fourth-order valence-corrected chi connectivity index (χ4v) is 1.12. The lowest BCUT2D eigenvalue weighted by Crippen LogP contribution is -2.28. The zero-order valence-electron chi connectivity index (χ0n) is 6.17. The van der Waals surface area contributed by atoms with Crippen LogP contribution in [0, 0.1) is 5.92 Å². The van der Waals surface area contributed by atoms with Gasteiger partial charge in [-0.15, -0.1) is 12.4 Å². The van der Waals surface area contributed by atoms with E-state index in [9.17, 15) is 4.79 Å². The van der Waals surface area contributed by atoms with E-state index in [4.69, 9.17) is 5.11 Å². The van der Waals surface area contributed by atoms with Crippen molar-refractivity contribution in [3.8, 4) is 0 Å². The molecule has 1 unspecified atom stereocenters. The first-order valence-corrected chi connectivity index (χ1v) is 3.46. The molecule has 1 aliphatic heterocycles. The van der Waals surface area contributed by atoms with E-state index < -0.39 is 6.09 Å². The molecule has 66 valence electrons. The van der Waals surface area contributed by atoms with Gasteiger partial charge in [-0.2, -0.15) is 0 Å². The van der Waals surface area contributed by atoms with E-state index in [1.165, 1.54) is 0 Å². The van der Waals surface area contributed by atoms with Crippen molar-refractivity contribution in [2.75, 3.05) is 19.6 Å². The van der Waals surface area contributed by atoms with E-state index in [-0.39, 0.29) is 12.4 Å². The summed E-state index contributed by atoms with van der Waals surface area (Å²) in [5.41, 5.74) is 0. The highest BCUT2D eigenvalue weighted by Gasteiger charge is 2.14. The van der Waals surface area contributed by atoms with Gasteiger partial charge in [0.05, 0.1) is 0 Å². The number of hydrogen-bond acceptors (Lipinski definition) is 2. The van der Waals surface area contributed by atoms with Gasteiger partial charge in [0.15, 0.2) is 0 Å². The van der Waals surface area contributed by atoms with Crippen molar-refractivity contribution in [1.29, 1.82) is 0 Å². The third-order valence-electron chi connectivity index (χ3n) is 1.70. The summed E-state index contributed by atoms with van der Waals surface area (Å²) in [6, 6.07) is 0. The van der Waals surface area contributed by atoms with Crippen LogP contribution < -0.4 is 10.6 Å². The third-order valence-corrected chi connectivity index (χ3v) is 1.70. The Balaban J connectivity index is 0.000001000. The Labute approximate surface area is 71.8 Å². The van der Waals surface area contributed by atoms with Crippen LogP contribution in [0.5, 0.6) is 0 Å². The molecule has 11 heavy (non-hydrogen) atoms. The smallest absolute Gasteiger partial charge is 0.404 e. The number of carbonyl (C=O) groups is 1. The highest BCUT2D eigenvalue weighted by Crippen LogP contribution is 2.04. The molecule has 1 saturated heterocycles. The van der Waals surface area contributed by atoms with Crippen LogP contribution in [0.2, 0.25) is 0 Å². The van der Waals surface area contributed by atoms with Crippen LogP contribution in [0.25, 0.3) is 0 Å². The number of nitrogens with one attached hydrogen (secondary N) is 2. The van der Waals surface area contributed by atoms with E-state index in [1.54, 1.807) is 0 Å². The first kappa shape index (κ1) is 10.5. The van der Waals surface area contributed by atoms with Crippen molar-refractivity contribution >= 4 is 18.5 Å². The Kier molecular flexibility index (Phi) is 4.98. The molecular weight excluding hydrogens is 168 g/mol. The predicted octanol–water partition coefficient (Wildman–Crippen LogP) is 0.285. The van der Waals surface area contributed by atoms with Crippen molar-refractivity contribution in [1.82, 2.24) is 10.6 Å². The minimum Gasteiger partial charge on any atom is -0.465 e. The van der Waals surface area contributed by atoms with Crippen molar-refractivity contribution in [3.63, 3.8) is 0 Å². The molecule has 0 spiro atoms. The van der Waals surface area contributed by atoms with Crippen LogP contribution in [0.3, 0.4) is 0 Å². The molecule has 0 aliphatic carbocycles. The summed E-state index contributed by atoms with van der Waals surface area (Å²) in [4.78, 5) is 10.0. The molecule has 1 atom stereocenters. The van der Waals surface area contributed by atoms with Gasteiger partial charge in [0.25, 0.3) is 0 Å². The van der Waals surface area contributed by atoms with Crippen molar-refractivity contribution in [2.45, 2.75) is 6.42 Å². The normalized spacial score (nSPS) is 22.4. The highest BCUT2D eigenvalue weighted by molar-refractivity contribution is 5.85. The highest BCUT2D eigenvalue weighted by atomic mass is 35.5. The van der Waals surface area contributed by atoms with Crippen molar-refractivity contribution in [3.05, 3.63) is 0 Å². The van der Waals surface area contributed by atoms with Crippen LogP contribution in [0.1, 0.15) is 6.42 Å². The van der Waals surface area contributed by atoms with E-state index in [0.29, 0.717) is 12.5 Å². The summed E-state index contributed by atoms with van der Waals surface area (Å²) in [5, 5.41) is 13.8. The Morgan fingerprint density at radius 2 is 2.45 bits per heavy atom. The first-order chi connectivity index (χ1) is 4.79. The lowest BCUT2D eigenvalue weighted by Gasteiger charge is -2.05. The maximum absolute atomic E-state index is 10.0. The Morgan fingerprint density at radius 1 is 1.73 bits per heavy atom. The number of hydrogen-bond donors (Lipinski definition) is 3. The Bertz CT molecular complexity index is 126. The molecule has 1 fully saturated rings. The van der Waals surface area contributed by atoms with Gasteiger partial charge in [0.1, 0.15) is 0 Å². The fourth-order valence-electron chi connectivity index (χ4n) is 1.12. The van der Waals surface area contributed by atoms with E-state index in [0.717, 1.165) is 19.5 Å². The summed E-state index contributed by atoms with van der Waals surface area (Å²) < 4.78 is 0. The first-order valence-electron chi connectivity index (χ1n) is 3.46. The molecule has 5 heteroatoms. The summed E-state index contributed by atoms with van der Waals surface area (Å²) in [6.45, 7) is 2.55. The molecule has 1 amide bonds. The molecule has 0 aromatic carbocycles. The Morgan fingerprint density at radius 3 is 2.91 bits per heavy atom. The number of halogens is 1. The van der Waals surface area contributed by atoms with Gasteiger partial charge >= 0.3 is 6.09 Å². The lowest BCUT2D eigenvalue weighted by atomic mass is 10.1. The SMILES string of the molecule is Cl.O=C(O)NCC1CCNC1. The molecule has 0 saturated carbocycles. The van der Waals surface area contributed by atoms with Gasteiger partial charge in [-0.25, -0.2) is 4.79 Å². The van der Waals surface area contributed by atoms with Gasteiger partial charge in [0.2, 0.25) is 0 Å². The average Bonchev–Trinajstić information content (AvgIpc) is 2.34. The molecule has 0 radical (unpaired) electrons. The topological polar surface area (TPSA) is 61.4 Å². The third kappa shape index (κ3) is 4.06. The van der Waals surface area contributed by atoms with Gasteiger partial charge in [-0.05, 0) is 25.4 Å². The molecule has 3 N–H and O–H groups in total. The monoisotopic (exact) mass is 180 g/mol. The van der Waals surface area contributed by atoms with E-state index in [1.807, 2.05) is 0 Å². The molecule has 1 heterocycles. The molecular formula is C6H13ClN2O2. The number of amides is 1. The minimum atomic E-state index is -0.924. The zero-order valence-corrected chi connectivity index (χ0v) is 6.99. The fraction of sp³-hybridized carbons (Fsp3) is 0.833. The largest absolute Gasteiger partial charge is 0.465 e. The zero-order chi connectivity index (χ0) is 7.40. The van der Waals surface area contributed by atoms with Crippen molar-refractivity contribution in [2.24, 2.45) is 5.92 Å². The predicted molar refractivity (Wildman–Crippen MR) is 44.3 cm³/mol. The second kappa shape index (κ2) is 5.21. The van der Waals surface area contributed by atoms with Gasteiger partial charge in [-0.3, -0.25) is 0 Å². The molecule has 0 aromatic rings. The molecule has 1 aliphatic rings. The summed E-state index contributed by atoms with van der Waals surface area (Å²) in [5.74, 6) is 0.496. The minimum absolute atomic E-state index is 0. The van der Waals surface area contributed by atoms with E-state index >= 15 is 0 Å². The maximum Gasteiger partial charge on any atom is 0.404 e. The van der Waals surface area contributed by atoms with Crippen LogP contribution in [-0.2, 0) is 0 Å². The second-order valence-corrected chi connectivity index (χ2v) is 2.54.